The van der Waals surface area contributed by atoms with Crippen molar-refractivity contribution in [2.75, 3.05) is 0 Å². The van der Waals surface area contributed by atoms with Crippen LogP contribution in [0.4, 0.5) is 0 Å². The SMILES string of the molecule is CC1CCCCCCCCC[C@@H](O)C(C)(C)C(=O)O1. The van der Waals surface area contributed by atoms with E-state index in [0.29, 0.717) is 6.42 Å². The largest absolute Gasteiger partial charge is 0.462 e. The van der Waals surface area contributed by atoms with Gasteiger partial charge in [0.15, 0.2) is 0 Å². The summed E-state index contributed by atoms with van der Waals surface area (Å²) in [5.74, 6) is -0.260. The minimum Gasteiger partial charge on any atom is -0.462 e. The van der Waals surface area contributed by atoms with Gasteiger partial charge in [-0.2, -0.15) is 0 Å². The van der Waals surface area contributed by atoms with E-state index in [1.165, 1.54) is 25.7 Å². The monoisotopic (exact) mass is 270 g/mol. The highest BCUT2D eigenvalue weighted by Crippen LogP contribution is 2.28. The molecule has 0 bridgehead atoms. The van der Waals surface area contributed by atoms with Crippen molar-refractivity contribution in [3.63, 3.8) is 0 Å². The summed E-state index contributed by atoms with van der Waals surface area (Å²) in [6.45, 7) is 5.53. The molecule has 0 aromatic carbocycles. The Morgan fingerprint density at radius 3 is 2.05 bits per heavy atom. The fourth-order valence-corrected chi connectivity index (χ4v) is 2.54. The van der Waals surface area contributed by atoms with Gasteiger partial charge in [0, 0.05) is 0 Å². The molecule has 0 aromatic rings. The first-order chi connectivity index (χ1) is 8.94. The third-order valence-electron chi connectivity index (χ3n) is 4.26. The number of hydrogen-bond acceptors (Lipinski definition) is 3. The Bertz CT molecular complexity index is 273. The van der Waals surface area contributed by atoms with Crippen LogP contribution < -0.4 is 0 Å². The second kappa shape index (κ2) is 7.88. The van der Waals surface area contributed by atoms with Crippen LogP contribution in [0.15, 0.2) is 0 Å². The molecule has 0 amide bonds. The van der Waals surface area contributed by atoms with E-state index in [2.05, 4.69) is 0 Å². The number of cyclic esters (lactones) is 1. The Balaban J connectivity index is 2.60. The van der Waals surface area contributed by atoms with Crippen molar-refractivity contribution in [3.8, 4) is 0 Å². The Morgan fingerprint density at radius 1 is 1.00 bits per heavy atom. The van der Waals surface area contributed by atoms with Crippen LogP contribution in [0.5, 0.6) is 0 Å². The van der Waals surface area contributed by atoms with Crippen LogP contribution in [-0.2, 0) is 9.53 Å². The quantitative estimate of drug-likeness (QED) is 0.680. The summed E-state index contributed by atoms with van der Waals surface area (Å²) in [7, 11) is 0. The molecule has 1 fully saturated rings. The van der Waals surface area contributed by atoms with Crippen molar-refractivity contribution in [2.24, 2.45) is 5.41 Å². The maximum absolute atomic E-state index is 12.1. The van der Waals surface area contributed by atoms with Gasteiger partial charge >= 0.3 is 5.97 Å². The molecule has 1 aliphatic rings. The van der Waals surface area contributed by atoms with Gasteiger partial charge < -0.3 is 9.84 Å². The molecule has 0 saturated carbocycles. The Hall–Kier alpha value is -0.570. The number of carbonyl (C=O) groups is 1. The van der Waals surface area contributed by atoms with Gasteiger partial charge in [0.1, 0.15) is 0 Å². The lowest BCUT2D eigenvalue weighted by Gasteiger charge is -2.30. The van der Waals surface area contributed by atoms with Gasteiger partial charge in [-0.3, -0.25) is 4.79 Å². The molecule has 1 rings (SSSR count). The van der Waals surface area contributed by atoms with Crippen LogP contribution in [0.2, 0.25) is 0 Å². The molecule has 3 nitrogen and oxygen atoms in total. The second-order valence-corrected chi connectivity index (χ2v) is 6.51. The van der Waals surface area contributed by atoms with Gasteiger partial charge in [-0.15, -0.1) is 0 Å². The average molecular weight is 270 g/mol. The van der Waals surface area contributed by atoms with Crippen molar-refractivity contribution in [1.82, 2.24) is 0 Å². The van der Waals surface area contributed by atoms with E-state index in [4.69, 9.17) is 4.74 Å². The highest BCUT2D eigenvalue weighted by Gasteiger charge is 2.37. The number of aliphatic hydroxyl groups is 1. The predicted molar refractivity (Wildman–Crippen MR) is 76.9 cm³/mol. The number of aliphatic hydroxyl groups excluding tert-OH is 1. The lowest BCUT2D eigenvalue weighted by atomic mass is 9.83. The molecule has 3 heteroatoms. The molecule has 2 atom stereocenters. The minimum atomic E-state index is -0.793. The molecule has 1 heterocycles. The standard InChI is InChI=1S/C16H30O3/c1-13-11-9-7-5-4-6-8-10-12-14(17)16(2,3)15(18)19-13/h13-14,17H,4-12H2,1-3H3/t13?,14-/m1/s1. The Morgan fingerprint density at radius 2 is 1.47 bits per heavy atom. The smallest absolute Gasteiger partial charge is 0.314 e. The Kier molecular flexibility index (Phi) is 6.84. The van der Waals surface area contributed by atoms with Crippen molar-refractivity contribution in [3.05, 3.63) is 0 Å². The summed E-state index contributed by atoms with van der Waals surface area (Å²) in [6, 6.07) is 0. The fourth-order valence-electron chi connectivity index (χ4n) is 2.54. The highest BCUT2D eigenvalue weighted by molar-refractivity contribution is 5.76. The molecular weight excluding hydrogens is 240 g/mol. The number of hydrogen-bond donors (Lipinski definition) is 1. The topological polar surface area (TPSA) is 46.5 Å². The van der Waals surface area contributed by atoms with Crippen molar-refractivity contribution < 1.29 is 14.6 Å². The van der Waals surface area contributed by atoms with Crippen molar-refractivity contribution in [1.29, 1.82) is 0 Å². The number of carbonyl (C=O) groups excluding carboxylic acids is 1. The summed E-state index contributed by atoms with van der Waals surface area (Å²) < 4.78 is 5.48. The first-order valence-corrected chi connectivity index (χ1v) is 7.83. The minimum absolute atomic E-state index is 0.0399. The Labute approximate surface area is 117 Å². The van der Waals surface area contributed by atoms with E-state index in [1.54, 1.807) is 13.8 Å². The van der Waals surface area contributed by atoms with Gasteiger partial charge in [-0.1, -0.05) is 38.5 Å². The number of ether oxygens (including phenoxy) is 1. The predicted octanol–water partition coefficient (Wildman–Crippen LogP) is 3.83. The summed E-state index contributed by atoms with van der Waals surface area (Å²) in [5, 5.41) is 10.2. The number of rotatable bonds is 0. The molecule has 1 N–H and O–H groups in total. The van der Waals surface area contributed by atoms with E-state index in [0.717, 1.165) is 25.7 Å². The summed E-state index contributed by atoms with van der Waals surface area (Å²) in [6.07, 6.45) is 9.28. The molecule has 0 aliphatic carbocycles. The van der Waals surface area contributed by atoms with E-state index in [1.807, 2.05) is 6.92 Å². The zero-order valence-electron chi connectivity index (χ0n) is 12.8. The fraction of sp³-hybridized carbons (Fsp3) is 0.938. The highest BCUT2D eigenvalue weighted by atomic mass is 16.5. The average Bonchev–Trinajstić information content (AvgIpc) is 2.35. The summed E-state index contributed by atoms with van der Waals surface area (Å²) in [5.41, 5.74) is -0.793. The van der Waals surface area contributed by atoms with E-state index in [-0.39, 0.29) is 12.1 Å². The van der Waals surface area contributed by atoms with E-state index >= 15 is 0 Å². The van der Waals surface area contributed by atoms with Crippen LogP contribution in [0.25, 0.3) is 0 Å². The molecule has 0 aromatic heterocycles. The van der Waals surface area contributed by atoms with Crippen LogP contribution >= 0.6 is 0 Å². The van der Waals surface area contributed by atoms with E-state index < -0.39 is 11.5 Å². The zero-order valence-corrected chi connectivity index (χ0v) is 12.8. The maximum Gasteiger partial charge on any atom is 0.314 e. The first kappa shape index (κ1) is 16.5. The third kappa shape index (κ3) is 5.52. The van der Waals surface area contributed by atoms with Gasteiger partial charge in [0.05, 0.1) is 17.6 Å². The molecule has 19 heavy (non-hydrogen) atoms. The van der Waals surface area contributed by atoms with E-state index in [9.17, 15) is 9.90 Å². The summed E-state index contributed by atoms with van der Waals surface area (Å²) in [4.78, 5) is 12.1. The molecule has 0 spiro atoms. The lowest BCUT2D eigenvalue weighted by molar-refractivity contribution is -0.166. The first-order valence-electron chi connectivity index (χ1n) is 7.83. The molecule has 112 valence electrons. The van der Waals surface area contributed by atoms with Crippen LogP contribution in [0.1, 0.15) is 78.6 Å². The maximum atomic E-state index is 12.1. The van der Waals surface area contributed by atoms with Crippen molar-refractivity contribution in [2.45, 2.75) is 90.8 Å². The second-order valence-electron chi connectivity index (χ2n) is 6.51. The molecule has 1 saturated heterocycles. The zero-order chi connectivity index (χ0) is 14.3. The van der Waals surface area contributed by atoms with Gasteiger partial charge in [-0.05, 0) is 40.0 Å². The van der Waals surface area contributed by atoms with Crippen molar-refractivity contribution >= 4 is 5.97 Å². The number of esters is 1. The van der Waals surface area contributed by atoms with Gasteiger partial charge in [0.25, 0.3) is 0 Å². The van der Waals surface area contributed by atoms with Crippen LogP contribution in [0.3, 0.4) is 0 Å². The lowest BCUT2D eigenvalue weighted by Crippen LogP contribution is -2.40. The molecule has 1 aliphatic heterocycles. The van der Waals surface area contributed by atoms with Crippen LogP contribution in [-0.4, -0.2) is 23.3 Å². The molecular formula is C16H30O3. The third-order valence-corrected chi connectivity index (χ3v) is 4.26. The summed E-state index contributed by atoms with van der Waals surface area (Å²) >= 11 is 0. The van der Waals surface area contributed by atoms with Gasteiger partial charge in [-0.25, -0.2) is 0 Å². The molecule has 1 unspecified atom stereocenters. The van der Waals surface area contributed by atoms with Gasteiger partial charge in [0.2, 0.25) is 0 Å². The molecule has 0 radical (unpaired) electrons. The normalized spacial score (nSPS) is 31.3. The van der Waals surface area contributed by atoms with Crippen LogP contribution in [0, 0.1) is 5.41 Å².